The third kappa shape index (κ3) is 2.21. The smallest absolute Gasteiger partial charge is 0.132 e. The quantitative estimate of drug-likeness (QED) is 0.683. The molecule has 3 nitrogen and oxygen atoms in total. The zero-order chi connectivity index (χ0) is 10.7. The van der Waals surface area contributed by atoms with Crippen LogP contribution in [-0.4, -0.2) is 23.8 Å². The topological polar surface area (TPSA) is 52.5 Å². The van der Waals surface area contributed by atoms with E-state index in [1.165, 1.54) is 6.07 Å². The van der Waals surface area contributed by atoms with E-state index in [4.69, 9.17) is 0 Å². The summed E-state index contributed by atoms with van der Waals surface area (Å²) in [5.41, 5.74) is 0.756. The summed E-state index contributed by atoms with van der Waals surface area (Å²) in [4.78, 5) is 0. The third-order valence-corrected chi connectivity index (χ3v) is 2.07. The number of hydrogen-bond acceptors (Lipinski definition) is 3. The van der Waals surface area contributed by atoms with Gasteiger partial charge in [0.25, 0.3) is 0 Å². The van der Waals surface area contributed by atoms with Gasteiger partial charge in [-0.25, -0.2) is 4.39 Å². The number of phenolic OH excluding ortho intramolecular Hbond substituents is 1. The number of halogens is 1. The molecule has 1 aromatic rings. The van der Waals surface area contributed by atoms with Gasteiger partial charge in [-0.15, -0.1) is 0 Å². The molecule has 0 radical (unpaired) electrons. The largest absolute Gasteiger partial charge is 0.508 e. The number of benzene rings is 1. The Labute approximate surface area is 82.2 Å². The summed E-state index contributed by atoms with van der Waals surface area (Å²) >= 11 is 0. The summed E-state index contributed by atoms with van der Waals surface area (Å²) in [5.74, 6) is -0.682. The molecule has 0 aliphatic carbocycles. The van der Waals surface area contributed by atoms with Gasteiger partial charge in [-0.1, -0.05) is 0 Å². The van der Waals surface area contributed by atoms with E-state index in [1.807, 2.05) is 0 Å². The van der Waals surface area contributed by atoms with Crippen LogP contribution in [0.1, 0.15) is 17.2 Å². The van der Waals surface area contributed by atoms with Crippen molar-refractivity contribution in [3.63, 3.8) is 0 Å². The molecular formula is C10H14FNO2. The maximum atomic E-state index is 13.3. The fourth-order valence-corrected chi connectivity index (χ4v) is 1.25. The van der Waals surface area contributed by atoms with E-state index >= 15 is 0 Å². The molecule has 0 heterocycles. The Morgan fingerprint density at radius 3 is 2.71 bits per heavy atom. The molecule has 1 aromatic carbocycles. The van der Waals surface area contributed by atoms with Crippen molar-refractivity contribution in [2.75, 3.05) is 13.6 Å². The monoisotopic (exact) mass is 199 g/mol. The highest BCUT2D eigenvalue weighted by Gasteiger charge is 2.13. The van der Waals surface area contributed by atoms with E-state index in [1.54, 1.807) is 14.0 Å². The zero-order valence-electron chi connectivity index (χ0n) is 8.21. The molecule has 1 unspecified atom stereocenters. The second-order valence-electron chi connectivity index (χ2n) is 3.23. The van der Waals surface area contributed by atoms with Gasteiger partial charge in [0, 0.05) is 18.2 Å². The molecule has 4 heteroatoms. The third-order valence-electron chi connectivity index (χ3n) is 2.07. The average Bonchev–Trinajstić information content (AvgIpc) is 2.11. The summed E-state index contributed by atoms with van der Waals surface area (Å²) in [5, 5.41) is 21.5. The number of aryl methyl sites for hydroxylation is 1. The van der Waals surface area contributed by atoms with Crippen LogP contribution < -0.4 is 5.32 Å². The van der Waals surface area contributed by atoms with E-state index in [9.17, 15) is 14.6 Å². The molecule has 14 heavy (non-hydrogen) atoms. The molecule has 0 bridgehead atoms. The molecule has 0 aliphatic heterocycles. The zero-order valence-corrected chi connectivity index (χ0v) is 8.21. The van der Waals surface area contributed by atoms with E-state index < -0.39 is 11.9 Å². The van der Waals surface area contributed by atoms with Crippen LogP contribution in [0.3, 0.4) is 0 Å². The van der Waals surface area contributed by atoms with Gasteiger partial charge in [0.15, 0.2) is 0 Å². The first kappa shape index (κ1) is 10.9. The highest BCUT2D eigenvalue weighted by Crippen LogP contribution is 2.24. The maximum Gasteiger partial charge on any atom is 0.132 e. The molecule has 0 fully saturated rings. The first-order valence-electron chi connectivity index (χ1n) is 4.38. The highest BCUT2D eigenvalue weighted by molar-refractivity contribution is 5.37. The minimum atomic E-state index is -0.890. The average molecular weight is 199 g/mol. The molecule has 0 aromatic heterocycles. The van der Waals surface area contributed by atoms with Gasteiger partial charge >= 0.3 is 0 Å². The van der Waals surface area contributed by atoms with Gasteiger partial charge < -0.3 is 15.5 Å². The Balaban J connectivity index is 3.02. The second-order valence-corrected chi connectivity index (χ2v) is 3.23. The van der Waals surface area contributed by atoms with Crippen molar-refractivity contribution in [1.82, 2.24) is 5.32 Å². The van der Waals surface area contributed by atoms with E-state index in [-0.39, 0.29) is 17.9 Å². The van der Waals surface area contributed by atoms with E-state index in [2.05, 4.69) is 5.32 Å². The summed E-state index contributed by atoms with van der Waals surface area (Å²) in [6, 6.07) is 2.47. The van der Waals surface area contributed by atoms with Crippen LogP contribution >= 0.6 is 0 Å². The molecule has 0 saturated heterocycles. The standard InChI is InChI=1S/C10H14FNO2/c1-6-3-7(10(14)5-12-2)8(11)4-9(6)13/h3-4,10,12-14H,5H2,1-2H3. The van der Waals surface area contributed by atoms with Crippen LogP contribution in [0.15, 0.2) is 12.1 Å². The second kappa shape index (κ2) is 4.39. The normalized spacial score (nSPS) is 12.9. The van der Waals surface area contributed by atoms with Crippen molar-refractivity contribution < 1.29 is 14.6 Å². The fourth-order valence-electron chi connectivity index (χ4n) is 1.25. The van der Waals surface area contributed by atoms with E-state index in [0.29, 0.717) is 5.56 Å². The van der Waals surface area contributed by atoms with Gasteiger partial charge in [-0.2, -0.15) is 0 Å². The minimum Gasteiger partial charge on any atom is -0.508 e. The molecule has 0 saturated carbocycles. The first-order chi connectivity index (χ1) is 6.56. The highest BCUT2D eigenvalue weighted by atomic mass is 19.1. The number of phenols is 1. The van der Waals surface area contributed by atoms with E-state index in [0.717, 1.165) is 6.07 Å². The lowest BCUT2D eigenvalue weighted by atomic mass is 10.1. The van der Waals surface area contributed by atoms with Crippen LogP contribution in [0.5, 0.6) is 5.75 Å². The fraction of sp³-hybridized carbons (Fsp3) is 0.400. The predicted octanol–water partition coefficient (Wildman–Crippen LogP) is 1.09. The van der Waals surface area contributed by atoms with Gasteiger partial charge in [0.05, 0.1) is 6.10 Å². The predicted molar refractivity (Wildman–Crippen MR) is 51.7 cm³/mol. The molecule has 0 aliphatic rings. The van der Waals surface area contributed by atoms with Gasteiger partial charge in [-0.05, 0) is 25.6 Å². The Morgan fingerprint density at radius 2 is 2.14 bits per heavy atom. The lowest BCUT2D eigenvalue weighted by molar-refractivity contribution is 0.173. The summed E-state index contributed by atoms with van der Waals surface area (Å²) in [6.45, 7) is 1.94. The minimum absolute atomic E-state index is 0.0945. The van der Waals surface area contributed by atoms with Crippen LogP contribution in [0.2, 0.25) is 0 Å². The lowest BCUT2D eigenvalue weighted by Crippen LogP contribution is -2.17. The SMILES string of the molecule is CNCC(O)c1cc(C)c(O)cc1F. The number of hydrogen-bond donors (Lipinski definition) is 3. The number of nitrogens with one attached hydrogen (secondary N) is 1. The summed E-state index contributed by atoms with van der Waals surface area (Å²) in [6.07, 6.45) is -0.890. The molecule has 0 spiro atoms. The summed E-state index contributed by atoms with van der Waals surface area (Å²) < 4.78 is 13.3. The van der Waals surface area contributed by atoms with Gasteiger partial charge in [-0.3, -0.25) is 0 Å². The van der Waals surface area contributed by atoms with Crippen molar-refractivity contribution in [2.45, 2.75) is 13.0 Å². The van der Waals surface area contributed by atoms with Crippen molar-refractivity contribution >= 4 is 0 Å². The number of aromatic hydroxyl groups is 1. The Hall–Kier alpha value is -1.13. The Bertz CT molecular complexity index is 328. The van der Waals surface area contributed by atoms with Gasteiger partial charge in [0.1, 0.15) is 11.6 Å². The van der Waals surface area contributed by atoms with Crippen LogP contribution in [0.25, 0.3) is 0 Å². The molecule has 3 N–H and O–H groups in total. The lowest BCUT2D eigenvalue weighted by Gasteiger charge is -2.12. The maximum absolute atomic E-state index is 13.3. The van der Waals surface area contributed by atoms with Crippen LogP contribution in [-0.2, 0) is 0 Å². The van der Waals surface area contributed by atoms with Crippen LogP contribution in [0, 0.1) is 12.7 Å². The summed E-state index contributed by atoms with van der Waals surface area (Å²) in [7, 11) is 1.67. The number of aliphatic hydroxyl groups is 1. The van der Waals surface area contributed by atoms with Crippen molar-refractivity contribution in [3.8, 4) is 5.75 Å². The molecular weight excluding hydrogens is 185 g/mol. The van der Waals surface area contributed by atoms with Crippen molar-refractivity contribution in [2.24, 2.45) is 0 Å². The Morgan fingerprint density at radius 1 is 1.50 bits per heavy atom. The Kier molecular flexibility index (Phi) is 3.43. The number of rotatable bonds is 3. The number of likely N-dealkylation sites (N-methyl/N-ethyl adjacent to an activating group) is 1. The first-order valence-corrected chi connectivity index (χ1v) is 4.38. The van der Waals surface area contributed by atoms with Crippen molar-refractivity contribution in [1.29, 1.82) is 0 Å². The van der Waals surface area contributed by atoms with Gasteiger partial charge in [0.2, 0.25) is 0 Å². The molecule has 0 amide bonds. The van der Waals surface area contributed by atoms with Crippen LogP contribution in [0.4, 0.5) is 4.39 Å². The molecule has 78 valence electrons. The molecule has 1 rings (SSSR count). The van der Waals surface area contributed by atoms with Crippen molar-refractivity contribution in [3.05, 3.63) is 29.1 Å². The number of aliphatic hydroxyl groups excluding tert-OH is 1. The molecule has 1 atom stereocenters.